The lowest BCUT2D eigenvalue weighted by atomic mass is 9.99. The van der Waals surface area contributed by atoms with Crippen molar-refractivity contribution in [2.75, 3.05) is 13.2 Å². The highest BCUT2D eigenvalue weighted by atomic mass is 16.7. The average Bonchev–Trinajstić information content (AvgIpc) is 3.45. The SMILES string of the molecule is CC/C=C/C=C/C=C\C=C/C=C/CCCCC(O)C(=O)NC(COC1OC(CO)C(O)C(O)C1OC(=O)CCCCCCCCC/C=C\C/C=C\C/C=C\C/C=C\CCCCC)C(O)/C=C/CCCCCCCCCCCC. The molecule has 0 aromatic rings. The monoisotopic (exact) mass is 1090 g/mol. The molecule has 444 valence electrons. The van der Waals surface area contributed by atoms with Gasteiger partial charge < -0.3 is 45.1 Å². The molecule has 0 saturated carbocycles. The summed E-state index contributed by atoms with van der Waals surface area (Å²) in [6.07, 6.45) is 63.8. The van der Waals surface area contributed by atoms with E-state index in [1.165, 1.54) is 70.6 Å². The fraction of sp³-hybridized carbons (Fsp3) is 0.672. The summed E-state index contributed by atoms with van der Waals surface area (Å²) in [5, 5.41) is 56.9. The van der Waals surface area contributed by atoms with Crippen molar-refractivity contribution in [2.24, 2.45) is 0 Å². The number of hydrogen-bond acceptors (Lipinski definition) is 10. The molecular weight excluding hydrogens is 979 g/mol. The Kier molecular flexibility index (Phi) is 49.6. The summed E-state index contributed by atoms with van der Waals surface area (Å²) >= 11 is 0. The number of rotatable bonds is 50. The van der Waals surface area contributed by atoms with E-state index in [9.17, 15) is 35.1 Å². The highest BCUT2D eigenvalue weighted by molar-refractivity contribution is 5.80. The number of carbonyl (C=O) groups is 2. The molecule has 11 nitrogen and oxygen atoms in total. The van der Waals surface area contributed by atoms with Crippen LogP contribution in [0.25, 0.3) is 0 Å². The molecule has 6 N–H and O–H groups in total. The number of esters is 1. The summed E-state index contributed by atoms with van der Waals surface area (Å²) in [5.41, 5.74) is 0. The topological polar surface area (TPSA) is 175 Å². The van der Waals surface area contributed by atoms with Crippen molar-refractivity contribution in [1.82, 2.24) is 5.32 Å². The van der Waals surface area contributed by atoms with E-state index in [0.29, 0.717) is 12.8 Å². The normalized spacial score (nSPS) is 19.8. The van der Waals surface area contributed by atoms with E-state index in [-0.39, 0.29) is 19.4 Å². The fourth-order valence-corrected chi connectivity index (χ4v) is 8.83. The quantitative estimate of drug-likeness (QED) is 0.0149. The van der Waals surface area contributed by atoms with Crippen molar-refractivity contribution in [3.8, 4) is 0 Å². The van der Waals surface area contributed by atoms with Gasteiger partial charge in [-0.2, -0.15) is 0 Å². The molecule has 0 radical (unpaired) electrons. The van der Waals surface area contributed by atoms with Gasteiger partial charge in [0, 0.05) is 6.42 Å². The van der Waals surface area contributed by atoms with E-state index >= 15 is 0 Å². The first-order chi connectivity index (χ1) is 38.2. The van der Waals surface area contributed by atoms with Crippen molar-refractivity contribution >= 4 is 11.9 Å². The second kappa shape index (κ2) is 53.7. The summed E-state index contributed by atoms with van der Waals surface area (Å²) in [5.74, 6) is -1.26. The van der Waals surface area contributed by atoms with E-state index in [0.717, 1.165) is 109 Å². The average molecular weight is 1090 g/mol. The number of aliphatic hydroxyl groups excluding tert-OH is 5. The second-order valence-electron chi connectivity index (χ2n) is 20.8. The number of unbranched alkanes of at least 4 members (excludes halogenated alkanes) is 22. The van der Waals surface area contributed by atoms with Crippen LogP contribution in [0, 0.1) is 0 Å². The number of allylic oxidation sites excluding steroid dienone is 19. The smallest absolute Gasteiger partial charge is 0.306 e. The molecule has 8 atom stereocenters. The highest BCUT2D eigenvalue weighted by Crippen LogP contribution is 2.26. The van der Waals surface area contributed by atoms with Gasteiger partial charge in [0.05, 0.1) is 25.4 Å². The maximum atomic E-state index is 13.4. The minimum atomic E-state index is -1.63. The van der Waals surface area contributed by atoms with Crippen LogP contribution in [-0.4, -0.2) is 99.6 Å². The number of nitrogens with one attached hydrogen (secondary N) is 1. The Morgan fingerprint density at radius 1 is 0.526 bits per heavy atom. The Morgan fingerprint density at radius 3 is 1.53 bits per heavy atom. The zero-order chi connectivity index (χ0) is 56.8. The van der Waals surface area contributed by atoms with Crippen LogP contribution in [0.2, 0.25) is 0 Å². The number of amides is 1. The Morgan fingerprint density at radius 2 is 0.974 bits per heavy atom. The zero-order valence-electron chi connectivity index (χ0n) is 49.0. The van der Waals surface area contributed by atoms with E-state index in [1.807, 2.05) is 60.8 Å². The summed E-state index contributed by atoms with van der Waals surface area (Å²) < 4.78 is 17.6. The van der Waals surface area contributed by atoms with Crippen LogP contribution >= 0.6 is 0 Å². The van der Waals surface area contributed by atoms with E-state index in [2.05, 4.69) is 80.8 Å². The van der Waals surface area contributed by atoms with E-state index < -0.39 is 67.4 Å². The predicted octanol–water partition coefficient (Wildman–Crippen LogP) is 14.7. The first-order valence-electron chi connectivity index (χ1n) is 30.9. The van der Waals surface area contributed by atoms with Gasteiger partial charge in [-0.1, -0.05) is 251 Å². The van der Waals surface area contributed by atoms with Crippen LogP contribution in [0.3, 0.4) is 0 Å². The van der Waals surface area contributed by atoms with Crippen LogP contribution < -0.4 is 5.32 Å². The third-order valence-corrected chi connectivity index (χ3v) is 13.7. The van der Waals surface area contributed by atoms with Crippen LogP contribution in [0.4, 0.5) is 0 Å². The molecule has 0 aliphatic carbocycles. The number of hydrogen-bond donors (Lipinski definition) is 6. The summed E-state index contributed by atoms with van der Waals surface area (Å²) in [6, 6.07) is -1.06. The molecule has 1 amide bonds. The van der Waals surface area contributed by atoms with Gasteiger partial charge >= 0.3 is 5.97 Å². The van der Waals surface area contributed by atoms with Gasteiger partial charge in [-0.3, -0.25) is 9.59 Å². The largest absolute Gasteiger partial charge is 0.454 e. The molecule has 0 bridgehead atoms. The fourth-order valence-electron chi connectivity index (χ4n) is 8.83. The van der Waals surface area contributed by atoms with Gasteiger partial charge in [0.15, 0.2) is 12.4 Å². The molecule has 78 heavy (non-hydrogen) atoms. The van der Waals surface area contributed by atoms with Crippen molar-refractivity contribution in [3.05, 3.63) is 122 Å². The molecule has 8 unspecified atom stereocenters. The minimum absolute atomic E-state index is 0.0984. The van der Waals surface area contributed by atoms with Crippen molar-refractivity contribution in [2.45, 2.75) is 275 Å². The molecule has 0 aromatic carbocycles. The summed E-state index contributed by atoms with van der Waals surface area (Å²) in [7, 11) is 0. The Bertz CT molecular complexity index is 1730. The minimum Gasteiger partial charge on any atom is -0.454 e. The zero-order valence-corrected chi connectivity index (χ0v) is 49.0. The second-order valence-corrected chi connectivity index (χ2v) is 20.8. The van der Waals surface area contributed by atoms with Crippen molar-refractivity contribution < 1.29 is 49.3 Å². The Labute approximate surface area is 474 Å². The number of ether oxygens (including phenoxy) is 3. The lowest BCUT2D eigenvalue weighted by Gasteiger charge is -2.41. The van der Waals surface area contributed by atoms with Gasteiger partial charge in [-0.15, -0.1) is 0 Å². The summed E-state index contributed by atoms with van der Waals surface area (Å²) in [6.45, 7) is 5.56. The van der Waals surface area contributed by atoms with Crippen molar-refractivity contribution in [3.63, 3.8) is 0 Å². The Hall–Kier alpha value is -3.94. The van der Waals surface area contributed by atoms with Gasteiger partial charge in [0.2, 0.25) is 5.91 Å². The molecule has 11 heteroatoms. The van der Waals surface area contributed by atoms with Crippen LogP contribution in [-0.2, 0) is 23.8 Å². The predicted molar refractivity (Wildman–Crippen MR) is 324 cm³/mol. The molecule has 1 saturated heterocycles. The lowest BCUT2D eigenvalue weighted by Crippen LogP contribution is -2.61. The number of aliphatic hydroxyl groups is 5. The van der Waals surface area contributed by atoms with Crippen LogP contribution in [0.5, 0.6) is 0 Å². The van der Waals surface area contributed by atoms with Gasteiger partial charge in [-0.25, -0.2) is 0 Å². The molecule has 1 aliphatic heterocycles. The maximum Gasteiger partial charge on any atom is 0.306 e. The van der Waals surface area contributed by atoms with E-state index in [1.54, 1.807) is 6.08 Å². The molecule has 1 fully saturated rings. The molecule has 1 heterocycles. The van der Waals surface area contributed by atoms with Crippen LogP contribution in [0.15, 0.2) is 122 Å². The Balaban J connectivity index is 2.69. The number of carbonyl (C=O) groups excluding carboxylic acids is 2. The van der Waals surface area contributed by atoms with E-state index in [4.69, 9.17) is 14.2 Å². The highest BCUT2D eigenvalue weighted by Gasteiger charge is 2.47. The van der Waals surface area contributed by atoms with Gasteiger partial charge in [-0.05, 0) is 89.9 Å². The maximum absolute atomic E-state index is 13.4. The summed E-state index contributed by atoms with van der Waals surface area (Å²) in [4.78, 5) is 26.5. The molecule has 1 aliphatic rings. The lowest BCUT2D eigenvalue weighted by molar-refractivity contribution is -0.305. The van der Waals surface area contributed by atoms with Gasteiger partial charge in [0.25, 0.3) is 0 Å². The molecule has 0 aromatic heterocycles. The molecule has 1 rings (SSSR count). The van der Waals surface area contributed by atoms with Crippen LogP contribution in [0.1, 0.15) is 226 Å². The molecular formula is C67H111NO10. The third-order valence-electron chi connectivity index (χ3n) is 13.7. The first kappa shape index (κ1) is 72.1. The standard InChI is InChI=1S/C67H111NO10/c1-4-7-10-13-16-19-22-25-27-28-29-30-31-32-33-34-35-37-40-43-46-49-52-55-62(72)78-65-64(74)63(73)61(56-69)77-67(65)76-57-58(59(70)53-50-47-44-41-38-24-21-18-15-12-9-6-3)68-66(75)60(71)54-51-48-45-42-39-36-26-23-20-17-14-11-8-5-2/h8,11,14,16-17,19-20,23,25-27,29-30,32-33,36,39,42,50,53,58-61,63-65,67,69-71,73-74H,4-7,9-10,12-13,15,18,21-22,24,28,31,34-35,37-38,40-41,43-49,51-52,54-57H2,1-3H3,(H,68,75)/b11-8+,17-14+,19-16-,23-20-,27-25-,30-29-,33-32-,36-26-,42-39+,53-50+. The van der Waals surface area contributed by atoms with Gasteiger partial charge in [0.1, 0.15) is 24.4 Å². The van der Waals surface area contributed by atoms with Crippen molar-refractivity contribution in [1.29, 1.82) is 0 Å². The first-order valence-corrected chi connectivity index (χ1v) is 30.9. The third kappa shape index (κ3) is 41.1. The molecule has 0 spiro atoms.